The maximum absolute atomic E-state index is 15.2. The monoisotopic (exact) mass is 1390 g/mol. The Hall–Kier alpha value is -7.72. The van der Waals surface area contributed by atoms with Gasteiger partial charge < -0.3 is 81.6 Å². The van der Waals surface area contributed by atoms with E-state index in [2.05, 4.69) is 36.6 Å². The molecule has 5 aliphatic rings. The maximum Gasteiger partial charge on any atom is 0.524 e. The Morgan fingerprint density at radius 1 is 0.768 bits per heavy atom. The van der Waals surface area contributed by atoms with Crippen molar-refractivity contribution in [3.8, 4) is 11.5 Å². The van der Waals surface area contributed by atoms with Crippen LogP contribution < -0.4 is 57.1 Å². The Morgan fingerprint density at radius 3 is 1.84 bits per heavy atom. The predicted octanol–water partition coefficient (Wildman–Crippen LogP) is 6.46. The number of urea groups is 1. The first-order chi connectivity index (χ1) is 45.0. The van der Waals surface area contributed by atoms with Gasteiger partial charge in [0.05, 0.1) is 33.2 Å². The summed E-state index contributed by atoms with van der Waals surface area (Å²) in [4.78, 5) is 140. The molecule has 0 saturated heterocycles. The Balaban J connectivity index is 0.739. The number of hydrogen-bond acceptors (Lipinski definition) is 14. The number of aromatic nitrogens is 2. The van der Waals surface area contributed by atoms with E-state index in [1.54, 1.807) is 73.1 Å². The minimum absolute atomic E-state index is 0.0813. The van der Waals surface area contributed by atoms with Crippen molar-refractivity contribution in [1.82, 2.24) is 41.0 Å². The SMILES string of the molecule is CC(=O)NC(CCCCN)C(=O)NC(C(=O)NC(CCCNC(N)=O)C(=O)Nc1ccc(COC(=O)N(C)CCN(C)C(=S)Oc2cc3c(c4c(C)c[nH]c24)C(CCl)CN3C(=O)C23CC4(C(=O)N5CC(CCl)c6c5cc(OP(=O)(O)O)c5[nH]cc(C)c65)CC24C3)cc1)C(C)C. The van der Waals surface area contributed by atoms with Crippen LogP contribution in [0.5, 0.6) is 11.5 Å². The molecule has 8 unspecified atom stereocenters. The van der Waals surface area contributed by atoms with Gasteiger partial charge in [0.2, 0.25) is 35.4 Å². The molecule has 3 fully saturated rings. The molecule has 3 saturated carbocycles. The summed E-state index contributed by atoms with van der Waals surface area (Å²) >= 11 is 19.1. The zero-order valence-electron chi connectivity index (χ0n) is 54.0. The Kier molecular flexibility index (Phi) is 20.5. The fourth-order valence-electron chi connectivity index (χ4n) is 14.5. The number of H-pyrrole nitrogens is 2. The van der Waals surface area contributed by atoms with E-state index in [-0.39, 0.29) is 92.0 Å². The number of aromatic amines is 2. The number of ether oxygens (including phenoxy) is 2. The number of primary amides is 1. The number of aryl methyl sites for hydroxylation is 2. The number of nitrogens with zero attached hydrogens (tertiary/aromatic N) is 4. The molecule has 2 aromatic heterocycles. The van der Waals surface area contributed by atoms with Crippen LogP contribution in [0.3, 0.4) is 0 Å². The van der Waals surface area contributed by atoms with Crippen LogP contribution in [0.4, 0.5) is 26.7 Å². The predicted molar refractivity (Wildman–Crippen MR) is 361 cm³/mol. The summed E-state index contributed by atoms with van der Waals surface area (Å²) in [6.45, 7) is 9.98. The molecule has 2 aliphatic heterocycles. The second-order valence-electron chi connectivity index (χ2n) is 26.2. The van der Waals surface area contributed by atoms with Gasteiger partial charge in [-0.05, 0) is 130 Å². The van der Waals surface area contributed by atoms with Crippen LogP contribution in [0.2, 0.25) is 0 Å². The molecular weight excluding hydrogens is 1310 g/mol. The summed E-state index contributed by atoms with van der Waals surface area (Å²) in [7, 11) is -1.68. The standard InChI is InChI=1S/C64H82Cl2N13O14PS/c1-33(2)51(75-55(82)41(72-36(5)80)11-8-9-17-67)56(83)74-42(12-10-18-69-59(68)86)54(81)73-40-15-13-37(14-16-40)29-91-60(87)76(6)19-20-77(7)61(95)92-45-21-43-49(47-34(3)25-70-52(45)47)38(23-65)27-78(43)57(84)62-30-63(32-64(62,63)31-62)58(85)79-28-39(24-66)50-44(79)22-46(93-94(88,89)90)53-48(50)35(4)26-71-53/h13-16,21-22,25-26,33,38-39,41-42,51,70-71H,8-12,17-20,23-24,27-32,67H2,1-7H3,(H,72,80)(H,73,81)(H,74,83)(H,75,82)(H3,68,69,86)(H2,88,89,90). The summed E-state index contributed by atoms with van der Waals surface area (Å²) in [5.41, 5.74) is 15.3. The van der Waals surface area contributed by atoms with Gasteiger partial charge in [0.25, 0.3) is 5.17 Å². The number of hydrogen-bond donors (Lipinski definition) is 11. The number of benzene rings is 3. The van der Waals surface area contributed by atoms with Gasteiger partial charge in [-0.3, -0.25) is 38.6 Å². The number of halogens is 2. The molecule has 512 valence electrons. The summed E-state index contributed by atoms with van der Waals surface area (Å²) < 4.78 is 29.4. The number of anilines is 3. The number of nitrogens with one attached hydrogen (secondary N) is 7. The average Bonchev–Trinajstić information content (AvgIpc) is 1.40. The van der Waals surface area contributed by atoms with Crippen LogP contribution in [0.15, 0.2) is 48.8 Å². The Labute approximate surface area is 564 Å². The molecule has 10 rings (SSSR count). The highest BCUT2D eigenvalue weighted by Gasteiger charge is 3.01. The number of amides is 9. The number of carbonyl (C=O) groups is 8. The number of unbranched alkanes of at least 4 members (excludes halogenated alkanes) is 1. The number of likely N-dealkylation sites (N-methyl/N-ethyl adjacent to an activating group) is 2. The van der Waals surface area contributed by atoms with Gasteiger partial charge in [0.15, 0.2) is 11.5 Å². The third kappa shape index (κ3) is 13.7. The van der Waals surface area contributed by atoms with Gasteiger partial charge in [-0.25, -0.2) is 14.2 Å². The van der Waals surface area contributed by atoms with Crippen molar-refractivity contribution in [2.24, 2.45) is 33.6 Å². The van der Waals surface area contributed by atoms with E-state index in [0.717, 1.165) is 27.6 Å². The maximum atomic E-state index is 15.2. The van der Waals surface area contributed by atoms with E-state index in [4.69, 9.17) is 60.9 Å². The van der Waals surface area contributed by atoms with E-state index < -0.39 is 83.9 Å². The number of phosphoric acid groups is 1. The molecule has 0 radical (unpaired) electrons. The fraction of sp³-hybridized carbons (Fsp3) is 0.516. The first-order valence-corrected chi connectivity index (χ1v) is 34.7. The molecule has 1 spiro atoms. The van der Waals surface area contributed by atoms with Gasteiger partial charge in [-0.15, -0.1) is 23.2 Å². The van der Waals surface area contributed by atoms with E-state index >= 15 is 4.79 Å². The van der Waals surface area contributed by atoms with Crippen LogP contribution in [-0.4, -0.2) is 166 Å². The van der Waals surface area contributed by atoms with Gasteiger partial charge in [-0.1, -0.05) is 26.0 Å². The molecular formula is C64H82Cl2N13O14PS. The average molecular weight is 1390 g/mol. The number of carbonyl (C=O) groups excluding carboxylic acids is 8. The molecule has 8 atom stereocenters. The lowest BCUT2D eigenvalue weighted by Gasteiger charge is -2.37. The lowest BCUT2D eigenvalue weighted by molar-refractivity contribution is -0.134. The van der Waals surface area contributed by atoms with Crippen molar-refractivity contribution in [3.05, 3.63) is 76.6 Å². The van der Waals surface area contributed by atoms with Crippen molar-refractivity contribution in [2.45, 2.75) is 123 Å². The van der Waals surface area contributed by atoms with Crippen molar-refractivity contribution < 1.29 is 66.7 Å². The molecule has 9 amide bonds. The number of phosphoric ester groups is 1. The molecule has 95 heavy (non-hydrogen) atoms. The molecule has 3 aromatic carbocycles. The van der Waals surface area contributed by atoms with Gasteiger partial charge >= 0.3 is 19.9 Å². The molecule has 5 aromatic rings. The molecule has 0 bridgehead atoms. The highest BCUT2D eigenvalue weighted by molar-refractivity contribution is 7.80. The number of fused-ring (bicyclic) bond motifs is 6. The number of rotatable bonds is 28. The topological polar surface area (TPSA) is 379 Å². The third-order valence-electron chi connectivity index (χ3n) is 19.4. The highest BCUT2D eigenvalue weighted by Crippen LogP contribution is 3.01. The third-order valence-corrected chi connectivity index (χ3v) is 21.0. The second-order valence-corrected chi connectivity index (χ2v) is 28.3. The normalized spacial score (nSPS) is 21.2. The van der Waals surface area contributed by atoms with Crippen molar-refractivity contribution in [3.63, 3.8) is 0 Å². The zero-order chi connectivity index (χ0) is 68.8. The quantitative estimate of drug-likeness (QED) is 0.0111. The van der Waals surface area contributed by atoms with Crippen molar-refractivity contribution >= 4 is 135 Å². The molecule has 27 nitrogen and oxygen atoms in total. The van der Waals surface area contributed by atoms with Crippen molar-refractivity contribution in [2.75, 3.05) is 80.2 Å². The number of thiocarbonyl (C=S) groups is 1. The number of alkyl halides is 2. The highest BCUT2D eigenvalue weighted by atomic mass is 35.5. The van der Waals surface area contributed by atoms with Crippen molar-refractivity contribution in [1.29, 1.82) is 0 Å². The van der Waals surface area contributed by atoms with Crippen LogP contribution >= 0.6 is 43.2 Å². The Morgan fingerprint density at radius 2 is 1.32 bits per heavy atom. The zero-order valence-corrected chi connectivity index (χ0v) is 57.2. The van der Waals surface area contributed by atoms with Crippen LogP contribution in [-0.2, 0) is 44.7 Å². The molecule has 3 aliphatic carbocycles. The summed E-state index contributed by atoms with van der Waals surface area (Å²) in [5.74, 6) is -2.59. The molecule has 13 N–H and O–H groups in total. The fourth-order valence-corrected chi connectivity index (χ4v) is 15.6. The first-order valence-electron chi connectivity index (χ1n) is 31.6. The van der Waals surface area contributed by atoms with E-state index in [1.165, 1.54) is 17.9 Å². The molecule has 31 heteroatoms. The van der Waals surface area contributed by atoms with Crippen LogP contribution in [0.25, 0.3) is 21.8 Å². The van der Waals surface area contributed by atoms with Gasteiger partial charge in [0.1, 0.15) is 24.7 Å². The summed E-state index contributed by atoms with van der Waals surface area (Å²) in [5, 5.41) is 15.0. The summed E-state index contributed by atoms with van der Waals surface area (Å²) in [6, 6.07) is 6.00. The largest absolute Gasteiger partial charge is 0.524 e. The lowest BCUT2D eigenvalue weighted by atomic mass is 9.72. The van der Waals surface area contributed by atoms with Crippen LogP contribution in [0.1, 0.15) is 112 Å². The number of nitrogens with two attached hydrogens (primary N) is 2. The minimum atomic E-state index is -4.99. The second kappa shape index (κ2) is 27.8. The van der Waals surface area contributed by atoms with Gasteiger partial charge in [-0.2, -0.15) is 0 Å². The van der Waals surface area contributed by atoms with E-state index in [0.29, 0.717) is 96.4 Å². The smallest absolute Gasteiger partial charge is 0.445 e. The first kappa shape index (κ1) is 70.1. The Bertz CT molecular complexity index is 3940. The summed E-state index contributed by atoms with van der Waals surface area (Å²) in [6.07, 6.45) is 6.21. The molecule has 4 heterocycles. The lowest BCUT2D eigenvalue weighted by Crippen LogP contribution is -2.57. The van der Waals surface area contributed by atoms with Crippen LogP contribution in [0, 0.1) is 36.0 Å². The minimum Gasteiger partial charge on any atom is -0.445 e. The van der Waals surface area contributed by atoms with E-state index in [9.17, 15) is 47.9 Å². The van der Waals surface area contributed by atoms with Gasteiger partial charge in [0, 0.05) is 124 Å². The van der Waals surface area contributed by atoms with E-state index in [1.807, 2.05) is 26.1 Å².